The van der Waals surface area contributed by atoms with Gasteiger partial charge in [0.2, 0.25) is 0 Å². The van der Waals surface area contributed by atoms with E-state index in [9.17, 15) is 18.0 Å². The van der Waals surface area contributed by atoms with Crippen molar-refractivity contribution in [1.29, 1.82) is 0 Å². The Morgan fingerprint density at radius 3 is 2.74 bits per heavy atom. The molecule has 23 heavy (non-hydrogen) atoms. The molecule has 1 fully saturated rings. The molecule has 1 aliphatic rings. The molecule has 1 aromatic heterocycles. The predicted molar refractivity (Wildman–Crippen MR) is 78.2 cm³/mol. The van der Waals surface area contributed by atoms with Crippen molar-refractivity contribution in [1.82, 2.24) is 14.7 Å². The topological polar surface area (TPSA) is 59.4 Å². The zero-order chi connectivity index (χ0) is 17.4. The molecule has 2 amide bonds. The number of hydrogen-bond donors (Lipinski definition) is 1. The minimum Gasteiger partial charge on any atom is -0.359 e. The number of rotatable bonds is 2. The van der Waals surface area contributed by atoms with E-state index in [1.165, 1.54) is 13.8 Å². The standard InChI is InChI=1S/C14H21F3N4O2/c1-5-9-10(6-20(4)19-9)18-12(22)21-7-11(14(15,16)17)23-13(2,3)8-21/h6,11H,5,7-8H2,1-4H3,(H,18,22). The van der Waals surface area contributed by atoms with E-state index in [-0.39, 0.29) is 6.54 Å². The quantitative estimate of drug-likeness (QED) is 0.904. The van der Waals surface area contributed by atoms with Crippen LogP contribution in [0.1, 0.15) is 26.5 Å². The zero-order valence-electron chi connectivity index (χ0n) is 13.6. The smallest absolute Gasteiger partial charge is 0.359 e. The van der Waals surface area contributed by atoms with Gasteiger partial charge in [-0.15, -0.1) is 0 Å². The third-order valence-electron chi connectivity index (χ3n) is 3.55. The molecule has 0 aliphatic carbocycles. The fraction of sp³-hybridized carbons (Fsp3) is 0.714. The maximum absolute atomic E-state index is 13.0. The molecular weight excluding hydrogens is 313 g/mol. The van der Waals surface area contributed by atoms with Gasteiger partial charge in [0, 0.05) is 13.2 Å². The van der Waals surface area contributed by atoms with Crippen LogP contribution >= 0.6 is 0 Å². The van der Waals surface area contributed by atoms with Gasteiger partial charge < -0.3 is 15.0 Å². The second kappa shape index (κ2) is 6.03. The van der Waals surface area contributed by atoms with E-state index in [1.54, 1.807) is 17.9 Å². The molecule has 2 rings (SSSR count). The maximum atomic E-state index is 13.0. The Hall–Kier alpha value is -1.77. The third-order valence-corrected chi connectivity index (χ3v) is 3.55. The summed E-state index contributed by atoms with van der Waals surface area (Å²) < 4.78 is 45.5. The first-order valence-electron chi connectivity index (χ1n) is 7.35. The number of aromatic nitrogens is 2. The molecule has 0 aromatic carbocycles. The van der Waals surface area contributed by atoms with Crippen LogP contribution in [-0.2, 0) is 18.2 Å². The lowest BCUT2D eigenvalue weighted by Crippen LogP contribution is -2.59. The van der Waals surface area contributed by atoms with Crippen LogP contribution in [0.5, 0.6) is 0 Å². The summed E-state index contributed by atoms with van der Waals surface area (Å²) in [5, 5.41) is 6.83. The van der Waals surface area contributed by atoms with Gasteiger partial charge in [-0.2, -0.15) is 18.3 Å². The molecule has 1 aromatic rings. The lowest BCUT2D eigenvalue weighted by atomic mass is 10.1. The predicted octanol–water partition coefficient (Wildman–Crippen LogP) is 2.56. The molecule has 0 saturated carbocycles. The fourth-order valence-corrected chi connectivity index (χ4v) is 2.60. The Bertz CT molecular complexity index is 583. The van der Waals surface area contributed by atoms with Crippen molar-refractivity contribution < 1.29 is 22.7 Å². The number of alkyl halides is 3. The first-order valence-corrected chi connectivity index (χ1v) is 7.35. The highest BCUT2D eigenvalue weighted by molar-refractivity contribution is 5.90. The molecule has 6 nitrogen and oxygen atoms in total. The number of carbonyl (C=O) groups is 1. The lowest BCUT2D eigenvalue weighted by molar-refractivity contribution is -0.267. The summed E-state index contributed by atoms with van der Waals surface area (Å²) in [6.45, 7) is 4.50. The van der Waals surface area contributed by atoms with Crippen molar-refractivity contribution in [2.75, 3.05) is 18.4 Å². The minimum absolute atomic E-state index is 0.0765. The van der Waals surface area contributed by atoms with E-state index in [1.807, 2.05) is 6.92 Å². The number of morpholine rings is 1. The van der Waals surface area contributed by atoms with E-state index in [4.69, 9.17) is 4.74 Å². The van der Waals surface area contributed by atoms with E-state index in [0.717, 1.165) is 4.90 Å². The Labute approximate surface area is 132 Å². The number of amides is 2. The van der Waals surface area contributed by atoms with Crippen molar-refractivity contribution in [3.63, 3.8) is 0 Å². The molecule has 0 bridgehead atoms. The summed E-state index contributed by atoms with van der Waals surface area (Å²) in [5.74, 6) is 0. The molecular formula is C14H21F3N4O2. The second-order valence-electron chi connectivity index (χ2n) is 6.24. The number of carbonyl (C=O) groups excluding carboxylic acids is 1. The van der Waals surface area contributed by atoms with Gasteiger partial charge in [-0.3, -0.25) is 4.68 Å². The largest absolute Gasteiger partial charge is 0.416 e. The van der Waals surface area contributed by atoms with Crippen molar-refractivity contribution in [2.45, 2.75) is 45.1 Å². The molecule has 1 saturated heterocycles. The molecule has 0 radical (unpaired) electrons. The number of halogens is 3. The molecule has 130 valence electrons. The van der Waals surface area contributed by atoms with E-state index in [2.05, 4.69) is 10.4 Å². The number of aryl methyl sites for hydroxylation is 2. The summed E-state index contributed by atoms with van der Waals surface area (Å²) in [6.07, 6.45) is -4.27. The van der Waals surface area contributed by atoms with Crippen molar-refractivity contribution in [2.24, 2.45) is 7.05 Å². The summed E-state index contributed by atoms with van der Waals surface area (Å²) in [5.41, 5.74) is 0.117. The van der Waals surface area contributed by atoms with Crippen LogP contribution in [-0.4, -0.2) is 51.7 Å². The first kappa shape index (κ1) is 17.6. The Balaban J connectivity index is 2.14. The minimum atomic E-state index is -4.51. The highest BCUT2D eigenvalue weighted by Gasteiger charge is 2.49. The van der Waals surface area contributed by atoms with Crippen LogP contribution in [0, 0.1) is 0 Å². The van der Waals surface area contributed by atoms with Gasteiger partial charge >= 0.3 is 12.2 Å². The molecule has 9 heteroatoms. The van der Waals surface area contributed by atoms with E-state index in [0.29, 0.717) is 17.8 Å². The van der Waals surface area contributed by atoms with Crippen LogP contribution in [0.3, 0.4) is 0 Å². The Morgan fingerprint density at radius 1 is 1.52 bits per heavy atom. The molecule has 1 atom stereocenters. The maximum Gasteiger partial charge on any atom is 0.416 e. The summed E-state index contributed by atoms with van der Waals surface area (Å²) >= 11 is 0. The third kappa shape index (κ3) is 4.15. The van der Waals surface area contributed by atoms with Gasteiger partial charge in [-0.05, 0) is 20.3 Å². The summed E-state index contributed by atoms with van der Waals surface area (Å²) in [7, 11) is 1.71. The monoisotopic (exact) mass is 334 g/mol. The van der Waals surface area contributed by atoms with Gasteiger partial charge in [0.1, 0.15) is 0 Å². The second-order valence-corrected chi connectivity index (χ2v) is 6.24. The van der Waals surface area contributed by atoms with Gasteiger partial charge in [-0.25, -0.2) is 4.79 Å². The number of anilines is 1. The van der Waals surface area contributed by atoms with Crippen LogP contribution in [0.25, 0.3) is 0 Å². The highest BCUT2D eigenvalue weighted by atomic mass is 19.4. The summed E-state index contributed by atoms with van der Waals surface area (Å²) in [4.78, 5) is 13.5. The fourth-order valence-electron chi connectivity index (χ4n) is 2.60. The summed E-state index contributed by atoms with van der Waals surface area (Å²) in [6, 6.07) is -0.585. The van der Waals surface area contributed by atoms with Gasteiger partial charge in [0.15, 0.2) is 6.10 Å². The Kier molecular flexibility index (Phi) is 4.61. The highest BCUT2D eigenvalue weighted by Crippen LogP contribution is 2.32. The number of nitrogens with zero attached hydrogens (tertiary/aromatic N) is 3. The van der Waals surface area contributed by atoms with Crippen molar-refractivity contribution >= 4 is 11.7 Å². The number of nitrogens with one attached hydrogen (secondary N) is 1. The van der Waals surface area contributed by atoms with Gasteiger partial charge in [0.05, 0.1) is 30.1 Å². The number of hydrogen-bond acceptors (Lipinski definition) is 3. The number of ether oxygens (including phenoxy) is 1. The lowest BCUT2D eigenvalue weighted by Gasteiger charge is -2.43. The Morgan fingerprint density at radius 2 is 2.17 bits per heavy atom. The van der Waals surface area contributed by atoms with Crippen LogP contribution in [0.15, 0.2) is 6.20 Å². The SMILES string of the molecule is CCc1nn(C)cc1NC(=O)N1CC(C(F)(F)F)OC(C)(C)C1. The van der Waals surface area contributed by atoms with Crippen LogP contribution < -0.4 is 5.32 Å². The average molecular weight is 334 g/mol. The molecule has 2 heterocycles. The molecule has 1 unspecified atom stereocenters. The number of urea groups is 1. The van der Waals surface area contributed by atoms with Crippen molar-refractivity contribution in [3.8, 4) is 0 Å². The van der Waals surface area contributed by atoms with E-state index < -0.39 is 30.5 Å². The normalized spacial score (nSPS) is 21.3. The molecule has 1 N–H and O–H groups in total. The van der Waals surface area contributed by atoms with Crippen LogP contribution in [0.4, 0.5) is 23.7 Å². The van der Waals surface area contributed by atoms with Gasteiger partial charge in [-0.1, -0.05) is 6.92 Å². The van der Waals surface area contributed by atoms with E-state index >= 15 is 0 Å². The van der Waals surface area contributed by atoms with Crippen molar-refractivity contribution in [3.05, 3.63) is 11.9 Å². The average Bonchev–Trinajstić information content (AvgIpc) is 2.75. The zero-order valence-corrected chi connectivity index (χ0v) is 13.6. The van der Waals surface area contributed by atoms with Crippen LogP contribution in [0.2, 0.25) is 0 Å². The molecule has 0 spiro atoms. The first-order chi connectivity index (χ1) is 10.5. The van der Waals surface area contributed by atoms with Gasteiger partial charge in [0.25, 0.3) is 0 Å². The molecule has 1 aliphatic heterocycles.